The Balaban J connectivity index is 2.39. The van der Waals surface area contributed by atoms with Gasteiger partial charge in [-0.1, -0.05) is 18.2 Å². The van der Waals surface area contributed by atoms with E-state index in [2.05, 4.69) is 0 Å². The lowest BCUT2D eigenvalue weighted by Crippen LogP contribution is -2.23. The monoisotopic (exact) mass is 299 g/mol. The minimum Gasteiger partial charge on any atom is -0.321 e. The van der Waals surface area contributed by atoms with Gasteiger partial charge in [0.05, 0.1) is 5.30 Å². The quantitative estimate of drug-likeness (QED) is 0.673. The van der Waals surface area contributed by atoms with Gasteiger partial charge in [-0.2, -0.15) is 8.78 Å². The Bertz CT molecular complexity index is 613. The van der Waals surface area contributed by atoms with E-state index in [4.69, 9.17) is 9.79 Å². The minimum absolute atomic E-state index is 0.156. The molecule has 0 fully saturated rings. The predicted octanol–water partition coefficient (Wildman–Crippen LogP) is 2.85. The second kappa shape index (κ2) is 5.71. The maximum absolute atomic E-state index is 13.2. The average molecular weight is 299 g/mol. The van der Waals surface area contributed by atoms with Gasteiger partial charge in [0.25, 0.3) is 0 Å². The van der Waals surface area contributed by atoms with Crippen LogP contribution in [-0.2, 0) is 4.57 Å². The largest absolute Gasteiger partial charge is 0.356 e. The summed E-state index contributed by atoms with van der Waals surface area (Å²) in [4.78, 5) is 18.8. The fourth-order valence-electron chi connectivity index (χ4n) is 1.77. The number of rotatable bonds is 4. The van der Waals surface area contributed by atoms with Gasteiger partial charge in [-0.3, -0.25) is 9.46 Å². The Kier molecular flexibility index (Phi) is 4.18. The standard InChI is InChI=1S/C13H12F2NO3P/c14-13(15)16(10-4-2-1-3-5-10)11-6-8-12(9-7-11)20(17,18)19/h1-9,13H,(H2,17,18,19). The molecule has 2 rings (SSSR count). The van der Waals surface area contributed by atoms with Gasteiger partial charge in [-0.05, 0) is 36.4 Å². The van der Waals surface area contributed by atoms with Crippen molar-refractivity contribution < 1.29 is 23.1 Å². The molecule has 0 bridgehead atoms. The molecule has 0 aliphatic heterocycles. The molecule has 0 heterocycles. The summed E-state index contributed by atoms with van der Waals surface area (Å²) in [5.74, 6) is 0. The second-order valence-corrected chi connectivity index (χ2v) is 5.65. The van der Waals surface area contributed by atoms with Crippen molar-refractivity contribution in [2.45, 2.75) is 6.55 Å². The highest BCUT2D eigenvalue weighted by atomic mass is 31.2. The molecule has 0 amide bonds. The SMILES string of the molecule is O=P(O)(O)c1ccc(N(c2ccccc2)C(F)F)cc1. The van der Waals surface area contributed by atoms with Gasteiger partial charge in [-0.25, -0.2) is 0 Å². The van der Waals surface area contributed by atoms with Gasteiger partial charge in [0.15, 0.2) is 0 Å². The van der Waals surface area contributed by atoms with Crippen molar-refractivity contribution in [3.8, 4) is 0 Å². The molecular weight excluding hydrogens is 287 g/mol. The first kappa shape index (κ1) is 14.7. The van der Waals surface area contributed by atoms with E-state index in [1.54, 1.807) is 18.2 Å². The zero-order valence-electron chi connectivity index (χ0n) is 10.2. The Morgan fingerprint density at radius 3 is 1.85 bits per heavy atom. The summed E-state index contributed by atoms with van der Waals surface area (Å²) in [5, 5.41) is -0.205. The molecule has 0 aliphatic rings. The van der Waals surface area contributed by atoms with E-state index in [-0.39, 0.29) is 11.0 Å². The third-order valence-corrected chi connectivity index (χ3v) is 3.66. The molecule has 0 unspecified atom stereocenters. The van der Waals surface area contributed by atoms with Crippen LogP contribution in [0, 0.1) is 0 Å². The number of halogens is 2. The van der Waals surface area contributed by atoms with Crippen molar-refractivity contribution in [3.63, 3.8) is 0 Å². The Labute approximate surface area is 114 Å². The first-order valence-electron chi connectivity index (χ1n) is 5.68. The Hall–Kier alpha value is -1.75. The van der Waals surface area contributed by atoms with Crippen LogP contribution in [0.1, 0.15) is 0 Å². The zero-order valence-corrected chi connectivity index (χ0v) is 11.1. The molecule has 2 aromatic rings. The van der Waals surface area contributed by atoms with Crippen LogP contribution < -0.4 is 10.2 Å². The predicted molar refractivity (Wildman–Crippen MR) is 72.7 cm³/mol. The lowest BCUT2D eigenvalue weighted by Gasteiger charge is -2.24. The fraction of sp³-hybridized carbons (Fsp3) is 0.0769. The van der Waals surface area contributed by atoms with E-state index < -0.39 is 14.1 Å². The fourth-order valence-corrected chi connectivity index (χ4v) is 2.31. The smallest absolute Gasteiger partial charge is 0.321 e. The molecule has 0 spiro atoms. The maximum atomic E-state index is 13.2. The van der Waals surface area contributed by atoms with Crippen LogP contribution in [0.2, 0.25) is 0 Å². The molecule has 0 aliphatic carbocycles. The molecule has 2 N–H and O–H groups in total. The Morgan fingerprint density at radius 2 is 1.40 bits per heavy atom. The number of hydrogen-bond donors (Lipinski definition) is 2. The number of alkyl halides is 2. The van der Waals surface area contributed by atoms with Crippen LogP contribution in [0.4, 0.5) is 20.2 Å². The van der Waals surface area contributed by atoms with Crippen LogP contribution in [0.3, 0.4) is 0 Å². The summed E-state index contributed by atoms with van der Waals surface area (Å²) in [6, 6.07) is 12.9. The second-order valence-electron chi connectivity index (χ2n) is 4.04. The number of benzene rings is 2. The highest BCUT2D eigenvalue weighted by Gasteiger charge is 2.21. The van der Waals surface area contributed by atoms with Crippen molar-refractivity contribution in [2.24, 2.45) is 0 Å². The van der Waals surface area contributed by atoms with E-state index in [1.807, 2.05) is 0 Å². The van der Waals surface area contributed by atoms with Crippen molar-refractivity contribution in [3.05, 3.63) is 54.6 Å². The van der Waals surface area contributed by atoms with Crippen LogP contribution >= 0.6 is 7.60 Å². The third kappa shape index (κ3) is 3.22. The molecule has 0 saturated heterocycles. The van der Waals surface area contributed by atoms with Gasteiger partial charge in [-0.15, -0.1) is 0 Å². The summed E-state index contributed by atoms with van der Waals surface area (Å²) in [6.07, 6.45) is 0. The zero-order chi connectivity index (χ0) is 14.8. The first-order valence-corrected chi connectivity index (χ1v) is 7.29. The molecule has 7 heteroatoms. The third-order valence-electron chi connectivity index (χ3n) is 2.69. The topological polar surface area (TPSA) is 60.8 Å². The van der Waals surface area contributed by atoms with E-state index >= 15 is 0 Å². The van der Waals surface area contributed by atoms with Crippen molar-refractivity contribution in [1.29, 1.82) is 0 Å². The molecule has 0 aromatic heterocycles. The van der Waals surface area contributed by atoms with Gasteiger partial charge in [0, 0.05) is 11.4 Å². The highest BCUT2D eigenvalue weighted by Crippen LogP contribution is 2.35. The van der Waals surface area contributed by atoms with E-state index in [9.17, 15) is 13.3 Å². The van der Waals surface area contributed by atoms with Crippen LogP contribution in [0.15, 0.2) is 54.6 Å². The molecule has 0 atom stereocenters. The summed E-state index contributed by atoms with van der Waals surface area (Å²) < 4.78 is 37.4. The number of hydrogen-bond acceptors (Lipinski definition) is 2. The Morgan fingerprint density at radius 1 is 0.900 bits per heavy atom. The summed E-state index contributed by atoms with van der Waals surface area (Å²) >= 11 is 0. The van der Waals surface area contributed by atoms with E-state index in [0.29, 0.717) is 5.69 Å². The van der Waals surface area contributed by atoms with Crippen molar-refractivity contribution in [1.82, 2.24) is 0 Å². The summed E-state index contributed by atoms with van der Waals surface area (Å²) in [6.45, 7) is -2.77. The lowest BCUT2D eigenvalue weighted by molar-refractivity contribution is 0.156. The van der Waals surface area contributed by atoms with E-state index in [0.717, 1.165) is 17.0 Å². The average Bonchev–Trinajstić information content (AvgIpc) is 2.39. The van der Waals surface area contributed by atoms with Gasteiger partial charge in [0.2, 0.25) is 0 Å². The first-order chi connectivity index (χ1) is 9.39. The van der Waals surface area contributed by atoms with Crippen LogP contribution in [0.5, 0.6) is 0 Å². The molecule has 4 nitrogen and oxygen atoms in total. The molecule has 20 heavy (non-hydrogen) atoms. The van der Waals surface area contributed by atoms with Crippen molar-refractivity contribution >= 4 is 24.3 Å². The molecular formula is C13H12F2NO3P. The summed E-state index contributed by atoms with van der Waals surface area (Å²) in [7, 11) is -4.37. The van der Waals surface area contributed by atoms with Gasteiger partial charge < -0.3 is 9.79 Å². The normalized spacial score (nSPS) is 11.7. The van der Waals surface area contributed by atoms with Crippen molar-refractivity contribution in [2.75, 3.05) is 4.90 Å². The minimum atomic E-state index is -4.37. The molecule has 0 saturated carbocycles. The lowest BCUT2D eigenvalue weighted by atomic mass is 10.2. The number of nitrogens with zero attached hydrogens (tertiary/aromatic N) is 1. The van der Waals surface area contributed by atoms with Gasteiger partial charge >= 0.3 is 14.1 Å². The van der Waals surface area contributed by atoms with Gasteiger partial charge in [0.1, 0.15) is 0 Å². The number of anilines is 2. The van der Waals surface area contributed by atoms with Crippen LogP contribution in [0.25, 0.3) is 0 Å². The molecule has 0 radical (unpaired) electrons. The van der Waals surface area contributed by atoms with E-state index in [1.165, 1.54) is 24.3 Å². The summed E-state index contributed by atoms with van der Waals surface area (Å²) in [5.41, 5.74) is 0.454. The molecule has 2 aromatic carbocycles. The number of para-hydroxylation sites is 1. The highest BCUT2D eigenvalue weighted by molar-refractivity contribution is 7.60. The maximum Gasteiger partial charge on any atom is 0.356 e. The molecule has 106 valence electrons. The van der Waals surface area contributed by atoms with Crippen LogP contribution in [-0.4, -0.2) is 16.3 Å².